The first-order valence-corrected chi connectivity index (χ1v) is 5.81. The Bertz CT molecular complexity index is 238. The lowest BCUT2D eigenvalue weighted by molar-refractivity contribution is -0.130. The van der Waals surface area contributed by atoms with Gasteiger partial charge in [-0.2, -0.15) is 0 Å². The van der Waals surface area contributed by atoms with Crippen molar-refractivity contribution >= 4 is 5.91 Å². The predicted octanol–water partition coefficient (Wildman–Crippen LogP) is 0.464. The fourth-order valence-corrected chi connectivity index (χ4v) is 2.76. The lowest BCUT2D eigenvalue weighted by Crippen LogP contribution is -2.31. The molecule has 1 saturated carbocycles. The average molecular weight is 194 g/mol. The Morgan fingerprint density at radius 2 is 1.86 bits per heavy atom. The van der Waals surface area contributed by atoms with Crippen LogP contribution in [0.5, 0.6) is 0 Å². The summed E-state index contributed by atoms with van der Waals surface area (Å²) < 4.78 is 0. The monoisotopic (exact) mass is 194 g/mol. The molecule has 1 aliphatic carbocycles. The van der Waals surface area contributed by atoms with Gasteiger partial charge in [-0.15, -0.1) is 0 Å². The maximum Gasteiger partial charge on any atom is 0.222 e. The summed E-state index contributed by atoms with van der Waals surface area (Å²) >= 11 is 0. The van der Waals surface area contributed by atoms with Gasteiger partial charge in [0.15, 0.2) is 0 Å². The number of carbonyl (C=O) groups excluding carboxylic acids is 1. The van der Waals surface area contributed by atoms with Crippen LogP contribution in [0.15, 0.2) is 0 Å². The van der Waals surface area contributed by atoms with Crippen molar-refractivity contribution in [2.45, 2.75) is 19.3 Å². The SMILES string of the molecule is O=C(CC1CC1)N1CC2CNCC2C1. The molecule has 3 heteroatoms. The predicted molar refractivity (Wildman–Crippen MR) is 53.8 cm³/mol. The van der Waals surface area contributed by atoms with Gasteiger partial charge in [-0.1, -0.05) is 0 Å². The van der Waals surface area contributed by atoms with E-state index < -0.39 is 0 Å². The first kappa shape index (κ1) is 8.72. The van der Waals surface area contributed by atoms with Gasteiger partial charge in [0.05, 0.1) is 0 Å². The second kappa shape index (κ2) is 3.23. The number of fused-ring (bicyclic) bond motifs is 1. The van der Waals surface area contributed by atoms with E-state index in [-0.39, 0.29) is 0 Å². The van der Waals surface area contributed by atoms with Gasteiger partial charge in [-0.3, -0.25) is 4.79 Å². The zero-order chi connectivity index (χ0) is 9.54. The van der Waals surface area contributed by atoms with Crippen LogP contribution in [0.25, 0.3) is 0 Å². The van der Waals surface area contributed by atoms with Crippen LogP contribution in [0.2, 0.25) is 0 Å². The second-order valence-corrected chi connectivity index (χ2v) is 5.12. The molecule has 1 amide bonds. The fourth-order valence-electron chi connectivity index (χ4n) is 2.76. The minimum atomic E-state index is 0.418. The van der Waals surface area contributed by atoms with Crippen molar-refractivity contribution in [1.82, 2.24) is 10.2 Å². The molecule has 1 N–H and O–H groups in total. The highest BCUT2D eigenvalue weighted by Crippen LogP contribution is 2.34. The summed E-state index contributed by atoms with van der Waals surface area (Å²) in [5.74, 6) is 2.65. The Balaban J connectivity index is 1.56. The minimum absolute atomic E-state index is 0.418. The third-order valence-electron chi connectivity index (χ3n) is 3.90. The van der Waals surface area contributed by atoms with Crippen molar-refractivity contribution in [3.63, 3.8) is 0 Å². The Morgan fingerprint density at radius 3 is 2.43 bits per heavy atom. The van der Waals surface area contributed by atoms with Crippen LogP contribution < -0.4 is 5.32 Å². The molecule has 0 aromatic rings. The van der Waals surface area contributed by atoms with Gasteiger partial charge in [0.25, 0.3) is 0 Å². The molecule has 2 unspecified atom stereocenters. The van der Waals surface area contributed by atoms with Crippen LogP contribution in [0, 0.1) is 17.8 Å². The largest absolute Gasteiger partial charge is 0.342 e. The van der Waals surface area contributed by atoms with Crippen molar-refractivity contribution in [2.75, 3.05) is 26.2 Å². The number of carbonyl (C=O) groups is 1. The van der Waals surface area contributed by atoms with Crippen LogP contribution in [0.3, 0.4) is 0 Å². The maximum atomic E-state index is 11.8. The molecule has 3 rings (SSSR count). The zero-order valence-corrected chi connectivity index (χ0v) is 8.54. The third kappa shape index (κ3) is 1.54. The molecule has 0 radical (unpaired) electrons. The zero-order valence-electron chi connectivity index (χ0n) is 8.54. The van der Waals surface area contributed by atoms with Gasteiger partial charge in [0.1, 0.15) is 0 Å². The number of nitrogens with one attached hydrogen (secondary N) is 1. The Hall–Kier alpha value is -0.570. The molecule has 2 atom stereocenters. The van der Waals surface area contributed by atoms with Crippen molar-refractivity contribution in [3.05, 3.63) is 0 Å². The highest BCUT2D eigenvalue weighted by atomic mass is 16.2. The second-order valence-electron chi connectivity index (χ2n) is 5.12. The van der Waals surface area contributed by atoms with Gasteiger partial charge < -0.3 is 10.2 Å². The van der Waals surface area contributed by atoms with Gasteiger partial charge in [0, 0.05) is 32.6 Å². The lowest BCUT2D eigenvalue weighted by atomic mass is 10.0. The van der Waals surface area contributed by atoms with Gasteiger partial charge in [-0.25, -0.2) is 0 Å². The first-order chi connectivity index (χ1) is 6.83. The van der Waals surface area contributed by atoms with E-state index in [1.807, 2.05) is 0 Å². The number of hydrogen-bond acceptors (Lipinski definition) is 2. The van der Waals surface area contributed by atoms with Crippen LogP contribution in [-0.4, -0.2) is 37.0 Å². The van der Waals surface area contributed by atoms with Crippen LogP contribution >= 0.6 is 0 Å². The smallest absolute Gasteiger partial charge is 0.222 e. The molecular weight excluding hydrogens is 176 g/mol. The Morgan fingerprint density at radius 1 is 1.21 bits per heavy atom. The summed E-state index contributed by atoms with van der Waals surface area (Å²) in [6, 6.07) is 0. The molecule has 3 aliphatic rings. The molecule has 14 heavy (non-hydrogen) atoms. The third-order valence-corrected chi connectivity index (χ3v) is 3.90. The van der Waals surface area contributed by atoms with E-state index in [0.29, 0.717) is 5.91 Å². The molecule has 2 heterocycles. The quantitative estimate of drug-likeness (QED) is 0.693. The molecule has 2 aliphatic heterocycles. The molecule has 0 spiro atoms. The standard InChI is InChI=1S/C11H18N2O/c14-11(3-8-1-2-8)13-6-9-4-12-5-10(9)7-13/h8-10,12H,1-7H2. The van der Waals surface area contributed by atoms with Crippen molar-refractivity contribution in [2.24, 2.45) is 17.8 Å². The molecular formula is C11H18N2O. The Labute approximate surface area is 84.8 Å². The fraction of sp³-hybridized carbons (Fsp3) is 0.909. The molecule has 0 bridgehead atoms. The summed E-state index contributed by atoms with van der Waals surface area (Å²) in [6.45, 7) is 4.28. The first-order valence-electron chi connectivity index (χ1n) is 5.81. The number of likely N-dealkylation sites (tertiary alicyclic amines) is 1. The number of nitrogens with zero attached hydrogens (tertiary/aromatic N) is 1. The summed E-state index contributed by atoms with van der Waals surface area (Å²) in [5.41, 5.74) is 0. The molecule has 0 aromatic carbocycles. The average Bonchev–Trinajstić information content (AvgIpc) is 2.73. The van der Waals surface area contributed by atoms with E-state index in [1.54, 1.807) is 0 Å². The summed E-state index contributed by atoms with van der Waals surface area (Å²) in [4.78, 5) is 13.9. The Kier molecular flexibility index (Phi) is 2.01. The van der Waals surface area contributed by atoms with Gasteiger partial charge >= 0.3 is 0 Å². The highest BCUT2D eigenvalue weighted by molar-refractivity contribution is 5.77. The molecule has 78 valence electrons. The van der Waals surface area contributed by atoms with Gasteiger partial charge in [-0.05, 0) is 30.6 Å². The maximum absolute atomic E-state index is 11.8. The van der Waals surface area contributed by atoms with Gasteiger partial charge in [0.2, 0.25) is 5.91 Å². The molecule has 0 aromatic heterocycles. The van der Waals surface area contributed by atoms with Crippen molar-refractivity contribution in [1.29, 1.82) is 0 Å². The van der Waals surface area contributed by atoms with Crippen LogP contribution in [0.4, 0.5) is 0 Å². The topological polar surface area (TPSA) is 32.3 Å². The van der Waals surface area contributed by atoms with E-state index in [2.05, 4.69) is 10.2 Å². The van der Waals surface area contributed by atoms with Crippen molar-refractivity contribution < 1.29 is 4.79 Å². The molecule has 3 fully saturated rings. The van der Waals surface area contributed by atoms with E-state index in [9.17, 15) is 4.79 Å². The van der Waals surface area contributed by atoms with Crippen molar-refractivity contribution in [3.8, 4) is 0 Å². The van der Waals surface area contributed by atoms with E-state index in [1.165, 1.54) is 12.8 Å². The summed E-state index contributed by atoms with van der Waals surface area (Å²) in [5, 5.41) is 3.40. The molecule has 3 nitrogen and oxygen atoms in total. The summed E-state index contributed by atoms with van der Waals surface area (Å²) in [6.07, 6.45) is 3.40. The minimum Gasteiger partial charge on any atom is -0.342 e. The lowest BCUT2D eigenvalue weighted by Gasteiger charge is -2.17. The van der Waals surface area contributed by atoms with Crippen LogP contribution in [-0.2, 0) is 4.79 Å². The number of amides is 1. The normalized spacial score (nSPS) is 36.1. The number of hydrogen-bond donors (Lipinski definition) is 1. The van der Waals surface area contributed by atoms with E-state index in [4.69, 9.17) is 0 Å². The number of rotatable bonds is 2. The van der Waals surface area contributed by atoms with Crippen LogP contribution in [0.1, 0.15) is 19.3 Å². The highest BCUT2D eigenvalue weighted by Gasteiger charge is 2.38. The summed E-state index contributed by atoms with van der Waals surface area (Å²) in [7, 11) is 0. The van der Waals surface area contributed by atoms with E-state index in [0.717, 1.165) is 50.4 Å². The molecule has 2 saturated heterocycles. The van der Waals surface area contributed by atoms with E-state index >= 15 is 0 Å².